The molecule has 4 rings (SSSR count). The van der Waals surface area contributed by atoms with E-state index in [9.17, 15) is 8.42 Å². The van der Waals surface area contributed by atoms with Gasteiger partial charge in [0, 0.05) is 29.5 Å². The van der Waals surface area contributed by atoms with Crippen LogP contribution in [-0.4, -0.2) is 37.7 Å². The van der Waals surface area contributed by atoms with Gasteiger partial charge in [0.15, 0.2) is 9.84 Å². The molecule has 1 atom stereocenters. The van der Waals surface area contributed by atoms with Crippen molar-refractivity contribution in [2.45, 2.75) is 50.1 Å². The highest BCUT2D eigenvalue weighted by Crippen LogP contribution is 2.39. The van der Waals surface area contributed by atoms with Crippen LogP contribution in [0.3, 0.4) is 0 Å². The summed E-state index contributed by atoms with van der Waals surface area (Å²) in [5.74, 6) is 0.673. The molecular weight excluding hydrogens is 500 g/mol. The maximum Gasteiger partial charge on any atom is 0.178 e. The van der Waals surface area contributed by atoms with Crippen molar-refractivity contribution in [1.82, 2.24) is 9.88 Å². The summed E-state index contributed by atoms with van der Waals surface area (Å²) in [5.41, 5.74) is 4.06. The molecule has 2 aromatic carbocycles. The van der Waals surface area contributed by atoms with E-state index in [1.807, 2.05) is 6.07 Å². The lowest BCUT2D eigenvalue weighted by atomic mass is 10.0. The maximum atomic E-state index is 12.5. The van der Waals surface area contributed by atoms with Crippen LogP contribution in [0, 0.1) is 0 Å². The molecule has 1 aliphatic rings. The summed E-state index contributed by atoms with van der Waals surface area (Å²) < 4.78 is 31.3. The lowest BCUT2D eigenvalue weighted by molar-refractivity contribution is 0.190. The summed E-state index contributed by atoms with van der Waals surface area (Å²) in [6.45, 7) is 3.53. The molecule has 3 aromatic rings. The van der Waals surface area contributed by atoms with Crippen molar-refractivity contribution in [2.75, 3.05) is 19.4 Å². The molecule has 0 aliphatic carbocycles. The van der Waals surface area contributed by atoms with Crippen molar-refractivity contribution in [3.63, 3.8) is 0 Å². The van der Waals surface area contributed by atoms with E-state index in [0.717, 1.165) is 36.5 Å². The highest BCUT2D eigenvalue weighted by molar-refractivity contribution is 9.10. The van der Waals surface area contributed by atoms with E-state index in [-0.39, 0.29) is 5.75 Å². The summed E-state index contributed by atoms with van der Waals surface area (Å²) in [7, 11) is -1.74. The number of halogens is 1. The minimum Gasteiger partial charge on any atom is -0.495 e. The number of hydrogen-bond donors (Lipinski definition) is 1. The number of aromatic nitrogens is 1. The zero-order valence-electron chi connectivity index (χ0n) is 19.2. The summed E-state index contributed by atoms with van der Waals surface area (Å²) in [6, 6.07) is 18.6. The standard InChI is InChI=1S/C26H31BrN2O3S/c1-3-33(30,31)21-16-22(26(32-2)23(27)17-21)24-14-13-20(28-24)18-29-15-9-5-8-12-25(29)19-10-6-4-7-11-19/h4,6-7,10-11,13-14,16-17,25,28H,3,5,8-9,12,15,18H2,1-2H3/t25-/m0/s1. The number of sulfone groups is 1. The number of methoxy groups -OCH3 is 1. The molecule has 0 bridgehead atoms. The quantitative estimate of drug-likeness (QED) is 0.385. The third kappa shape index (κ3) is 5.36. The zero-order valence-corrected chi connectivity index (χ0v) is 21.6. The molecule has 0 radical (unpaired) electrons. The normalized spacial score (nSPS) is 17.6. The van der Waals surface area contributed by atoms with Crippen molar-refractivity contribution in [3.05, 3.63) is 70.3 Å². The number of aromatic amines is 1. The van der Waals surface area contributed by atoms with Crippen LogP contribution in [0.25, 0.3) is 11.3 Å². The Morgan fingerprint density at radius 3 is 2.61 bits per heavy atom. The largest absolute Gasteiger partial charge is 0.495 e. The van der Waals surface area contributed by atoms with Gasteiger partial charge in [-0.1, -0.05) is 50.1 Å². The van der Waals surface area contributed by atoms with Gasteiger partial charge < -0.3 is 9.72 Å². The Balaban J connectivity index is 1.65. The highest BCUT2D eigenvalue weighted by atomic mass is 79.9. The summed E-state index contributed by atoms with van der Waals surface area (Å²) in [6.07, 6.45) is 4.87. The van der Waals surface area contributed by atoms with Crippen molar-refractivity contribution >= 4 is 25.8 Å². The van der Waals surface area contributed by atoms with Crippen LogP contribution in [0.2, 0.25) is 0 Å². The molecule has 1 N–H and O–H groups in total. The van der Waals surface area contributed by atoms with E-state index in [2.05, 4.69) is 62.2 Å². The van der Waals surface area contributed by atoms with Gasteiger partial charge in [-0.15, -0.1) is 0 Å². The topological polar surface area (TPSA) is 62.4 Å². The van der Waals surface area contributed by atoms with Gasteiger partial charge >= 0.3 is 0 Å². The summed E-state index contributed by atoms with van der Waals surface area (Å²) >= 11 is 3.49. The molecular formula is C26H31BrN2O3S. The molecule has 33 heavy (non-hydrogen) atoms. The SMILES string of the molecule is CCS(=O)(=O)c1cc(Br)c(OC)c(-c2ccc(CN3CCCCC[C@H]3c3ccccc3)[nH]2)c1. The van der Waals surface area contributed by atoms with Crippen molar-refractivity contribution in [1.29, 1.82) is 0 Å². The molecule has 176 valence electrons. The molecule has 0 spiro atoms. The number of H-pyrrole nitrogens is 1. The average Bonchev–Trinajstić information content (AvgIpc) is 3.16. The molecule has 1 aromatic heterocycles. The van der Waals surface area contributed by atoms with E-state index in [1.165, 1.54) is 24.8 Å². The van der Waals surface area contributed by atoms with Crippen LogP contribution < -0.4 is 4.74 Å². The van der Waals surface area contributed by atoms with Gasteiger partial charge in [0.05, 0.1) is 22.2 Å². The first-order valence-corrected chi connectivity index (χ1v) is 13.9. The Morgan fingerprint density at radius 2 is 1.88 bits per heavy atom. The second-order valence-electron chi connectivity index (χ2n) is 8.53. The van der Waals surface area contributed by atoms with Gasteiger partial charge in [0.2, 0.25) is 0 Å². The number of nitrogens with zero attached hydrogens (tertiary/aromatic N) is 1. The Bertz CT molecular complexity index is 1190. The Kier molecular flexibility index (Phi) is 7.62. The first-order valence-electron chi connectivity index (χ1n) is 11.5. The number of nitrogens with one attached hydrogen (secondary N) is 1. The van der Waals surface area contributed by atoms with E-state index in [1.54, 1.807) is 26.2 Å². The molecule has 1 aliphatic heterocycles. The van der Waals surface area contributed by atoms with Crippen LogP contribution in [0.5, 0.6) is 5.75 Å². The van der Waals surface area contributed by atoms with Gasteiger partial charge in [-0.3, -0.25) is 4.90 Å². The van der Waals surface area contributed by atoms with E-state index in [4.69, 9.17) is 4.74 Å². The van der Waals surface area contributed by atoms with Gasteiger partial charge in [-0.25, -0.2) is 8.42 Å². The fourth-order valence-electron chi connectivity index (χ4n) is 4.64. The number of hydrogen-bond acceptors (Lipinski definition) is 4. The molecule has 0 saturated carbocycles. The van der Waals surface area contributed by atoms with Crippen LogP contribution in [0.4, 0.5) is 0 Å². The van der Waals surface area contributed by atoms with Gasteiger partial charge in [0.25, 0.3) is 0 Å². The predicted molar refractivity (Wildman–Crippen MR) is 136 cm³/mol. The second-order valence-corrected chi connectivity index (χ2v) is 11.7. The van der Waals surface area contributed by atoms with Crippen LogP contribution in [-0.2, 0) is 16.4 Å². The maximum absolute atomic E-state index is 12.5. The fourth-order valence-corrected chi connectivity index (χ4v) is 6.34. The molecule has 7 heteroatoms. The lowest BCUT2D eigenvalue weighted by Gasteiger charge is -2.30. The lowest BCUT2D eigenvalue weighted by Crippen LogP contribution is -2.28. The van der Waals surface area contributed by atoms with Gasteiger partial charge in [-0.05, 0) is 65.1 Å². The van der Waals surface area contributed by atoms with E-state index in [0.29, 0.717) is 21.2 Å². The van der Waals surface area contributed by atoms with E-state index >= 15 is 0 Å². The first kappa shape index (κ1) is 24.0. The number of benzene rings is 2. The minimum atomic E-state index is -3.34. The molecule has 0 amide bonds. The molecule has 0 unspecified atom stereocenters. The van der Waals surface area contributed by atoms with Crippen LogP contribution >= 0.6 is 15.9 Å². The Labute approximate surface area is 205 Å². The van der Waals surface area contributed by atoms with Crippen LogP contribution in [0.1, 0.15) is 49.9 Å². The highest BCUT2D eigenvalue weighted by Gasteiger charge is 2.24. The van der Waals surface area contributed by atoms with E-state index < -0.39 is 9.84 Å². The fraction of sp³-hybridized carbons (Fsp3) is 0.385. The Morgan fingerprint density at radius 1 is 1.09 bits per heavy atom. The molecule has 1 saturated heterocycles. The van der Waals surface area contributed by atoms with Gasteiger partial charge in [-0.2, -0.15) is 0 Å². The van der Waals surface area contributed by atoms with Crippen LogP contribution in [0.15, 0.2) is 64.0 Å². The minimum absolute atomic E-state index is 0.0526. The second kappa shape index (κ2) is 10.5. The predicted octanol–water partition coefficient (Wildman–Crippen LogP) is 6.36. The smallest absolute Gasteiger partial charge is 0.178 e. The summed E-state index contributed by atoms with van der Waals surface area (Å²) in [4.78, 5) is 6.38. The van der Waals surface area contributed by atoms with Gasteiger partial charge in [0.1, 0.15) is 5.75 Å². The number of likely N-dealkylation sites (tertiary alicyclic amines) is 1. The molecule has 2 heterocycles. The van der Waals surface area contributed by atoms with Crippen molar-refractivity contribution in [2.24, 2.45) is 0 Å². The Hall–Kier alpha value is -2.09. The third-order valence-electron chi connectivity index (χ3n) is 6.42. The van der Waals surface area contributed by atoms with Crippen molar-refractivity contribution < 1.29 is 13.2 Å². The van der Waals surface area contributed by atoms with Crippen molar-refractivity contribution in [3.8, 4) is 17.0 Å². The zero-order chi connectivity index (χ0) is 23.4. The molecule has 5 nitrogen and oxygen atoms in total. The monoisotopic (exact) mass is 530 g/mol. The number of rotatable bonds is 7. The molecule has 1 fully saturated rings. The third-order valence-corrected chi connectivity index (χ3v) is 8.72. The number of ether oxygens (including phenoxy) is 1. The summed E-state index contributed by atoms with van der Waals surface area (Å²) in [5, 5.41) is 0. The average molecular weight is 532 g/mol. The first-order chi connectivity index (χ1) is 15.9.